The van der Waals surface area contributed by atoms with Gasteiger partial charge in [0, 0.05) is 13.1 Å². The Hall–Kier alpha value is -0.820. The Morgan fingerprint density at radius 2 is 2.00 bits per heavy atom. The number of sulfone groups is 1. The van der Waals surface area contributed by atoms with E-state index in [-0.39, 0.29) is 6.54 Å². The highest BCUT2D eigenvalue weighted by molar-refractivity contribution is 7.92. The Bertz CT molecular complexity index is 440. The maximum absolute atomic E-state index is 12.0. The minimum absolute atomic E-state index is 0.0603. The van der Waals surface area contributed by atoms with Gasteiger partial charge in [0.2, 0.25) is 0 Å². The minimum atomic E-state index is -3.62. The monoisotopic (exact) mass is 293 g/mol. The zero-order valence-electron chi connectivity index (χ0n) is 12.0. The third-order valence-electron chi connectivity index (χ3n) is 3.23. The molecular weight excluding hydrogens is 270 g/mol. The van der Waals surface area contributed by atoms with Gasteiger partial charge >= 0.3 is 6.09 Å². The zero-order valence-corrected chi connectivity index (χ0v) is 12.8. The molecule has 1 heterocycles. The molecule has 19 heavy (non-hydrogen) atoms. The summed E-state index contributed by atoms with van der Waals surface area (Å²) >= 11 is 0. The fourth-order valence-electron chi connectivity index (χ4n) is 2.10. The number of rotatable bonds is 2. The van der Waals surface area contributed by atoms with E-state index in [1.165, 1.54) is 4.90 Å². The summed E-state index contributed by atoms with van der Waals surface area (Å²) in [4.78, 5) is 13.4. The van der Waals surface area contributed by atoms with Gasteiger partial charge < -0.3 is 14.7 Å². The molecule has 1 unspecified atom stereocenters. The number of aliphatic hydroxyl groups is 1. The summed E-state index contributed by atoms with van der Waals surface area (Å²) in [5.74, 6) is -0.897. The van der Waals surface area contributed by atoms with E-state index in [9.17, 15) is 13.2 Å². The van der Waals surface area contributed by atoms with Crippen molar-refractivity contribution in [2.75, 3.05) is 19.0 Å². The predicted octanol–water partition coefficient (Wildman–Crippen LogP) is 1.14. The van der Waals surface area contributed by atoms with Crippen molar-refractivity contribution in [3.63, 3.8) is 0 Å². The molecule has 0 aliphatic carbocycles. The zero-order chi connectivity index (χ0) is 14.9. The van der Waals surface area contributed by atoms with Gasteiger partial charge in [-0.1, -0.05) is 0 Å². The second-order valence-corrected chi connectivity index (χ2v) is 8.67. The first-order chi connectivity index (χ1) is 8.51. The lowest BCUT2D eigenvalue weighted by molar-refractivity contribution is 0.0187. The lowest BCUT2D eigenvalue weighted by Gasteiger charge is -2.39. The molecule has 0 aromatic rings. The van der Waals surface area contributed by atoms with Crippen molar-refractivity contribution in [1.82, 2.24) is 4.90 Å². The number of aliphatic hydroxyl groups excluding tert-OH is 1. The van der Waals surface area contributed by atoms with Crippen molar-refractivity contribution in [2.24, 2.45) is 0 Å². The topological polar surface area (TPSA) is 83.9 Å². The largest absolute Gasteiger partial charge is 0.444 e. The molecule has 1 rings (SSSR count). The number of ether oxygens (including phenoxy) is 1. The highest BCUT2D eigenvalue weighted by atomic mass is 32.2. The molecule has 0 radical (unpaired) electrons. The molecule has 1 aliphatic heterocycles. The number of likely N-dealkylation sites (tertiary alicyclic amines) is 1. The van der Waals surface area contributed by atoms with E-state index in [1.54, 1.807) is 27.7 Å². The Labute approximate surface area is 114 Å². The first-order valence-electron chi connectivity index (χ1n) is 6.32. The number of amides is 1. The number of carbonyl (C=O) groups excluding carboxylic acids is 1. The van der Waals surface area contributed by atoms with Crippen LogP contribution in [0.2, 0.25) is 0 Å². The quantitative estimate of drug-likeness (QED) is 0.825. The van der Waals surface area contributed by atoms with Crippen LogP contribution in [-0.2, 0) is 14.6 Å². The average molecular weight is 293 g/mol. The minimum Gasteiger partial charge on any atom is -0.444 e. The highest BCUT2D eigenvalue weighted by Gasteiger charge is 2.44. The Morgan fingerprint density at radius 3 is 2.47 bits per heavy atom. The smallest absolute Gasteiger partial charge is 0.410 e. The normalized spacial score (nSPS) is 25.2. The third kappa shape index (κ3) is 3.82. The summed E-state index contributed by atoms with van der Waals surface area (Å²) in [7, 11) is -3.62. The van der Waals surface area contributed by atoms with Gasteiger partial charge in [0.05, 0.1) is 4.75 Å². The summed E-state index contributed by atoms with van der Waals surface area (Å²) in [6.07, 6.45) is 0.510. The summed E-state index contributed by atoms with van der Waals surface area (Å²) in [6.45, 7) is 7.39. The SMILES string of the molecule is CC(C)(C)OC(=O)N1CCCC(C)(S(=O)(=O)CO)C1. The number of nitrogens with zero attached hydrogens (tertiary/aromatic N) is 1. The number of piperidine rings is 1. The Morgan fingerprint density at radius 1 is 1.42 bits per heavy atom. The molecule has 7 heteroatoms. The summed E-state index contributed by atoms with van der Waals surface area (Å²) in [5, 5.41) is 9.00. The van der Waals surface area contributed by atoms with Crippen LogP contribution in [0.4, 0.5) is 4.79 Å². The van der Waals surface area contributed by atoms with E-state index in [0.717, 1.165) is 0 Å². The van der Waals surface area contributed by atoms with Crippen molar-refractivity contribution < 1.29 is 23.1 Å². The molecule has 0 saturated carbocycles. The molecule has 0 aromatic carbocycles. The van der Waals surface area contributed by atoms with Gasteiger partial charge in [0.1, 0.15) is 11.5 Å². The van der Waals surface area contributed by atoms with Gasteiger partial charge in [0.15, 0.2) is 9.84 Å². The van der Waals surface area contributed by atoms with E-state index in [2.05, 4.69) is 0 Å². The van der Waals surface area contributed by atoms with Crippen LogP contribution in [0.25, 0.3) is 0 Å². The van der Waals surface area contributed by atoms with Crippen LogP contribution < -0.4 is 0 Å². The van der Waals surface area contributed by atoms with Gasteiger partial charge in [-0.05, 0) is 40.5 Å². The fourth-order valence-corrected chi connectivity index (χ4v) is 3.22. The van der Waals surface area contributed by atoms with E-state index in [0.29, 0.717) is 19.4 Å². The molecule has 1 aliphatic rings. The molecule has 1 fully saturated rings. The van der Waals surface area contributed by atoms with Gasteiger partial charge in [-0.3, -0.25) is 0 Å². The summed E-state index contributed by atoms with van der Waals surface area (Å²) in [5.41, 5.74) is -0.610. The van der Waals surface area contributed by atoms with Gasteiger partial charge in [0.25, 0.3) is 0 Å². The van der Waals surface area contributed by atoms with E-state index in [4.69, 9.17) is 9.84 Å². The van der Waals surface area contributed by atoms with Crippen LogP contribution >= 0.6 is 0 Å². The van der Waals surface area contributed by atoms with Gasteiger partial charge in [-0.2, -0.15) is 0 Å². The molecule has 0 bridgehead atoms. The molecule has 0 aromatic heterocycles. The molecular formula is C12H23NO5S. The Kier molecular flexibility index (Phi) is 4.51. The third-order valence-corrected chi connectivity index (χ3v) is 5.41. The fraction of sp³-hybridized carbons (Fsp3) is 0.917. The second-order valence-electron chi connectivity index (χ2n) is 6.20. The lowest BCUT2D eigenvalue weighted by Crippen LogP contribution is -2.54. The van der Waals surface area contributed by atoms with Crippen LogP contribution in [0.5, 0.6) is 0 Å². The molecule has 0 spiro atoms. The molecule has 1 N–H and O–H groups in total. The second kappa shape index (κ2) is 5.28. The van der Waals surface area contributed by atoms with Crippen LogP contribution in [0.15, 0.2) is 0 Å². The first kappa shape index (κ1) is 16.2. The predicted molar refractivity (Wildman–Crippen MR) is 71.5 cm³/mol. The van der Waals surface area contributed by atoms with E-state index in [1.807, 2.05) is 0 Å². The van der Waals surface area contributed by atoms with Crippen LogP contribution in [0.1, 0.15) is 40.5 Å². The van der Waals surface area contributed by atoms with Crippen LogP contribution in [-0.4, -0.2) is 53.9 Å². The number of carbonyl (C=O) groups is 1. The maximum atomic E-state index is 12.0. The van der Waals surface area contributed by atoms with Crippen molar-refractivity contribution >= 4 is 15.9 Å². The van der Waals surface area contributed by atoms with Gasteiger partial charge in [-0.15, -0.1) is 0 Å². The molecule has 6 nitrogen and oxygen atoms in total. The van der Waals surface area contributed by atoms with Crippen LogP contribution in [0.3, 0.4) is 0 Å². The molecule has 1 amide bonds. The molecule has 1 atom stereocenters. The summed E-state index contributed by atoms with van der Waals surface area (Å²) in [6, 6.07) is 0. The van der Waals surface area contributed by atoms with Crippen molar-refractivity contribution in [1.29, 1.82) is 0 Å². The van der Waals surface area contributed by atoms with Crippen molar-refractivity contribution in [2.45, 2.75) is 50.9 Å². The van der Waals surface area contributed by atoms with Crippen molar-refractivity contribution in [3.8, 4) is 0 Å². The lowest BCUT2D eigenvalue weighted by atomic mass is 9.99. The molecule has 112 valence electrons. The van der Waals surface area contributed by atoms with Gasteiger partial charge in [-0.25, -0.2) is 13.2 Å². The standard InChI is InChI=1S/C12H23NO5S/c1-11(2,3)18-10(15)13-7-5-6-12(4,8-13)19(16,17)9-14/h14H,5-9H2,1-4H3. The maximum Gasteiger partial charge on any atom is 0.410 e. The Balaban J connectivity index is 2.83. The number of hydrogen-bond acceptors (Lipinski definition) is 5. The number of hydrogen-bond donors (Lipinski definition) is 1. The van der Waals surface area contributed by atoms with Crippen LogP contribution in [0, 0.1) is 0 Å². The summed E-state index contributed by atoms with van der Waals surface area (Å²) < 4.78 is 27.9. The van der Waals surface area contributed by atoms with E-state index >= 15 is 0 Å². The average Bonchev–Trinajstić information content (AvgIpc) is 2.26. The van der Waals surface area contributed by atoms with Crippen molar-refractivity contribution in [3.05, 3.63) is 0 Å². The highest BCUT2D eigenvalue weighted by Crippen LogP contribution is 2.30. The molecule has 1 saturated heterocycles. The van der Waals surface area contributed by atoms with E-state index < -0.39 is 32.2 Å². The first-order valence-corrected chi connectivity index (χ1v) is 7.97.